The van der Waals surface area contributed by atoms with E-state index in [4.69, 9.17) is 0 Å². The molecule has 156 valence electrons. The van der Waals surface area contributed by atoms with E-state index in [1.54, 1.807) is 12.1 Å². The minimum Gasteiger partial charge on any atom is -0.322 e. The van der Waals surface area contributed by atoms with E-state index in [1.807, 2.05) is 12.1 Å². The van der Waals surface area contributed by atoms with E-state index in [0.29, 0.717) is 5.82 Å². The number of likely N-dealkylation sites (tertiary alicyclic amines) is 1. The Bertz CT molecular complexity index is 995. The summed E-state index contributed by atoms with van der Waals surface area (Å²) in [4.78, 5) is 15.8. The summed E-state index contributed by atoms with van der Waals surface area (Å²) in [6.45, 7) is 5.41. The first kappa shape index (κ1) is 20.2. The van der Waals surface area contributed by atoms with Crippen molar-refractivity contribution >= 4 is 11.6 Å². The van der Waals surface area contributed by atoms with Gasteiger partial charge in [0.2, 0.25) is 11.7 Å². The predicted molar refractivity (Wildman–Crippen MR) is 112 cm³/mol. The summed E-state index contributed by atoms with van der Waals surface area (Å²) in [5.41, 5.74) is 2.22. The lowest BCUT2D eigenvalue weighted by Gasteiger charge is -2.30. The summed E-state index contributed by atoms with van der Waals surface area (Å²) in [6, 6.07) is 14.1. The van der Waals surface area contributed by atoms with Gasteiger partial charge in [-0.05, 0) is 54.8 Å². The lowest BCUT2D eigenvalue weighted by molar-refractivity contribution is -0.117. The van der Waals surface area contributed by atoms with E-state index in [2.05, 4.69) is 44.7 Å². The zero-order valence-electron chi connectivity index (χ0n) is 17.0. The number of hydrogen-bond donors (Lipinski definition) is 1. The van der Waals surface area contributed by atoms with E-state index < -0.39 is 11.7 Å². The van der Waals surface area contributed by atoms with Crippen LogP contribution in [0.1, 0.15) is 25.3 Å². The minimum atomic E-state index is -0.489. The molecule has 3 aromatic rings. The third kappa shape index (κ3) is 5.07. The average molecular weight is 408 g/mol. The maximum atomic E-state index is 13.6. The second kappa shape index (κ2) is 9.13. The van der Waals surface area contributed by atoms with E-state index in [1.165, 1.54) is 35.3 Å². The summed E-state index contributed by atoms with van der Waals surface area (Å²) in [5, 5.41) is 14.7. The van der Waals surface area contributed by atoms with Gasteiger partial charge < -0.3 is 5.32 Å². The van der Waals surface area contributed by atoms with Gasteiger partial charge in [0.25, 0.3) is 0 Å². The highest BCUT2D eigenvalue weighted by molar-refractivity contribution is 5.90. The molecule has 4 rings (SSSR count). The molecular weight excluding hydrogens is 383 g/mol. The number of tetrazole rings is 1. The number of amides is 1. The number of aromatic nitrogens is 4. The van der Waals surface area contributed by atoms with Crippen molar-refractivity contribution in [3.8, 4) is 11.4 Å². The summed E-state index contributed by atoms with van der Waals surface area (Å²) < 4.78 is 13.6. The molecule has 1 amide bonds. The molecule has 0 saturated carbocycles. The van der Waals surface area contributed by atoms with Gasteiger partial charge in [0.15, 0.2) is 0 Å². The molecule has 2 aromatic carbocycles. The van der Waals surface area contributed by atoms with Crippen molar-refractivity contribution in [2.75, 3.05) is 18.4 Å². The van der Waals surface area contributed by atoms with Crippen LogP contribution in [-0.2, 0) is 17.9 Å². The molecule has 0 radical (unpaired) electrons. The molecule has 2 heterocycles. The van der Waals surface area contributed by atoms with E-state index in [0.717, 1.165) is 31.1 Å². The highest BCUT2D eigenvalue weighted by Crippen LogP contribution is 2.20. The van der Waals surface area contributed by atoms with Gasteiger partial charge in [0.05, 0.1) is 5.69 Å². The number of rotatable bonds is 6. The molecule has 1 saturated heterocycles. The van der Waals surface area contributed by atoms with Crippen LogP contribution < -0.4 is 5.32 Å². The summed E-state index contributed by atoms with van der Waals surface area (Å²) in [7, 11) is 0. The van der Waals surface area contributed by atoms with E-state index in [-0.39, 0.29) is 12.2 Å². The number of piperidine rings is 1. The van der Waals surface area contributed by atoms with Crippen LogP contribution in [0, 0.1) is 11.7 Å². The molecule has 30 heavy (non-hydrogen) atoms. The topological polar surface area (TPSA) is 75.9 Å². The van der Waals surface area contributed by atoms with Crippen LogP contribution in [0.3, 0.4) is 0 Å². The van der Waals surface area contributed by atoms with Crippen molar-refractivity contribution in [3.63, 3.8) is 0 Å². The molecule has 1 aliphatic rings. The van der Waals surface area contributed by atoms with Crippen LogP contribution in [-0.4, -0.2) is 44.1 Å². The molecule has 0 aliphatic carbocycles. The Labute approximate surface area is 174 Å². The smallest absolute Gasteiger partial charge is 0.248 e. The number of hydrogen-bond acceptors (Lipinski definition) is 5. The SMILES string of the molecule is CC1CCN(Cc2ccc(-c3nnn(CC(=O)Nc4ccccc4F)n3)cc2)CC1. The number of benzene rings is 2. The van der Waals surface area contributed by atoms with Gasteiger partial charge in [-0.3, -0.25) is 9.69 Å². The fourth-order valence-electron chi connectivity index (χ4n) is 3.54. The second-order valence-corrected chi connectivity index (χ2v) is 7.83. The molecule has 1 aliphatic heterocycles. The van der Waals surface area contributed by atoms with Crippen molar-refractivity contribution < 1.29 is 9.18 Å². The third-order valence-corrected chi connectivity index (χ3v) is 5.38. The van der Waals surface area contributed by atoms with Crippen molar-refractivity contribution in [1.29, 1.82) is 0 Å². The lowest BCUT2D eigenvalue weighted by atomic mass is 9.99. The Morgan fingerprint density at radius 2 is 1.87 bits per heavy atom. The minimum absolute atomic E-state index is 0.126. The Kier molecular flexibility index (Phi) is 6.13. The van der Waals surface area contributed by atoms with Gasteiger partial charge in [0, 0.05) is 12.1 Å². The zero-order chi connectivity index (χ0) is 20.9. The Balaban J connectivity index is 1.34. The first-order chi connectivity index (χ1) is 14.6. The summed E-state index contributed by atoms with van der Waals surface area (Å²) >= 11 is 0. The molecule has 8 heteroatoms. The van der Waals surface area contributed by atoms with Crippen molar-refractivity contribution in [2.45, 2.75) is 32.9 Å². The fourth-order valence-corrected chi connectivity index (χ4v) is 3.54. The number of halogens is 1. The van der Waals surface area contributed by atoms with Crippen molar-refractivity contribution in [2.24, 2.45) is 5.92 Å². The molecule has 7 nitrogen and oxygen atoms in total. The van der Waals surface area contributed by atoms with Gasteiger partial charge in [0.1, 0.15) is 12.4 Å². The van der Waals surface area contributed by atoms with Crippen molar-refractivity contribution in [1.82, 2.24) is 25.1 Å². The van der Waals surface area contributed by atoms with Gasteiger partial charge in [-0.25, -0.2) is 4.39 Å². The molecule has 1 fully saturated rings. The maximum Gasteiger partial charge on any atom is 0.248 e. The Morgan fingerprint density at radius 3 is 2.60 bits per heavy atom. The standard InChI is InChI=1S/C22H25FN6O/c1-16-10-12-28(13-11-16)14-17-6-8-18(9-7-17)22-25-27-29(26-22)15-21(30)24-20-5-3-2-4-19(20)23/h2-9,16H,10-15H2,1H3,(H,24,30). The predicted octanol–water partition coefficient (Wildman–Crippen LogP) is 3.35. The van der Waals surface area contributed by atoms with Gasteiger partial charge in [-0.2, -0.15) is 4.80 Å². The molecule has 0 atom stereocenters. The first-order valence-corrected chi connectivity index (χ1v) is 10.2. The quantitative estimate of drug-likeness (QED) is 0.677. The zero-order valence-corrected chi connectivity index (χ0v) is 17.0. The average Bonchev–Trinajstić information content (AvgIpc) is 3.20. The Hall–Kier alpha value is -3.13. The molecule has 0 bridgehead atoms. The first-order valence-electron chi connectivity index (χ1n) is 10.2. The molecule has 0 unspecified atom stereocenters. The van der Waals surface area contributed by atoms with Crippen LogP contribution in [0.2, 0.25) is 0 Å². The molecule has 0 spiro atoms. The number of carbonyl (C=O) groups is 1. The molecule has 1 aromatic heterocycles. The largest absolute Gasteiger partial charge is 0.322 e. The lowest BCUT2D eigenvalue weighted by Crippen LogP contribution is -2.32. The number of anilines is 1. The maximum absolute atomic E-state index is 13.6. The van der Waals surface area contributed by atoms with Crippen LogP contribution >= 0.6 is 0 Å². The number of nitrogens with one attached hydrogen (secondary N) is 1. The van der Waals surface area contributed by atoms with Gasteiger partial charge in [-0.15, -0.1) is 10.2 Å². The molecule has 1 N–H and O–H groups in total. The van der Waals surface area contributed by atoms with Crippen LogP contribution in [0.4, 0.5) is 10.1 Å². The normalized spacial score (nSPS) is 15.3. The highest BCUT2D eigenvalue weighted by Gasteiger charge is 2.16. The number of para-hydroxylation sites is 1. The summed E-state index contributed by atoms with van der Waals surface area (Å²) in [5.74, 6) is 0.366. The van der Waals surface area contributed by atoms with Gasteiger partial charge in [-0.1, -0.05) is 43.3 Å². The fraction of sp³-hybridized carbons (Fsp3) is 0.364. The second-order valence-electron chi connectivity index (χ2n) is 7.83. The molecular formula is C22H25FN6O. The van der Waals surface area contributed by atoms with E-state index >= 15 is 0 Å². The highest BCUT2D eigenvalue weighted by atomic mass is 19.1. The Morgan fingerprint density at radius 1 is 1.13 bits per heavy atom. The van der Waals surface area contributed by atoms with Crippen molar-refractivity contribution in [3.05, 3.63) is 59.9 Å². The van der Waals surface area contributed by atoms with Gasteiger partial charge >= 0.3 is 0 Å². The van der Waals surface area contributed by atoms with Crippen LogP contribution in [0.25, 0.3) is 11.4 Å². The van der Waals surface area contributed by atoms with Crippen LogP contribution in [0.15, 0.2) is 48.5 Å². The number of nitrogens with zero attached hydrogens (tertiary/aromatic N) is 5. The summed E-state index contributed by atoms with van der Waals surface area (Å²) in [6.07, 6.45) is 2.52. The number of carbonyl (C=O) groups excluding carboxylic acids is 1. The third-order valence-electron chi connectivity index (χ3n) is 5.38. The monoisotopic (exact) mass is 408 g/mol. The van der Waals surface area contributed by atoms with Crippen LogP contribution in [0.5, 0.6) is 0 Å². The van der Waals surface area contributed by atoms with E-state index in [9.17, 15) is 9.18 Å².